The van der Waals surface area contributed by atoms with Crippen molar-refractivity contribution in [2.24, 2.45) is 11.3 Å². The Morgan fingerprint density at radius 1 is 1.21 bits per heavy atom. The highest BCUT2D eigenvalue weighted by atomic mass is 19.2. The topological polar surface area (TPSA) is 22.1 Å². The van der Waals surface area contributed by atoms with E-state index in [1.54, 1.807) is 0 Å². The van der Waals surface area contributed by atoms with Crippen LogP contribution in [-0.4, -0.2) is 11.1 Å². The van der Waals surface area contributed by atoms with Crippen molar-refractivity contribution in [3.05, 3.63) is 23.6 Å². The average molecular weight is 273 g/mol. The van der Waals surface area contributed by atoms with Crippen LogP contribution in [0, 0.1) is 28.9 Å². The highest BCUT2D eigenvalue weighted by molar-refractivity contribution is 5.15. The van der Waals surface area contributed by atoms with E-state index in [2.05, 4.69) is 25.8 Å². The van der Waals surface area contributed by atoms with Crippen molar-refractivity contribution >= 4 is 0 Å². The van der Waals surface area contributed by atoms with Gasteiger partial charge in [0, 0.05) is 6.07 Å². The van der Waals surface area contributed by atoms with Crippen LogP contribution in [0.15, 0.2) is 6.07 Å². The van der Waals surface area contributed by atoms with E-state index in [0.29, 0.717) is 12.0 Å². The van der Waals surface area contributed by atoms with Gasteiger partial charge in [0.05, 0.1) is 0 Å². The van der Waals surface area contributed by atoms with E-state index in [1.165, 1.54) is 0 Å². The van der Waals surface area contributed by atoms with Crippen LogP contribution < -0.4 is 4.74 Å². The highest BCUT2D eigenvalue weighted by Gasteiger charge is 2.34. The molecule has 0 aliphatic heterocycles. The molecule has 0 amide bonds. The Kier molecular flexibility index (Phi) is 3.74. The van der Waals surface area contributed by atoms with Crippen molar-refractivity contribution in [2.45, 2.75) is 46.1 Å². The number of hydrogen-bond donors (Lipinski definition) is 0. The Labute approximate surface area is 111 Å². The van der Waals surface area contributed by atoms with Crippen molar-refractivity contribution in [3.63, 3.8) is 0 Å². The summed E-state index contributed by atoms with van der Waals surface area (Å²) in [5.74, 6) is -3.60. The van der Waals surface area contributed by atoms with Gasteiger partial charge < -0.3 is 4.74 Å². The minimum atomic E-state index is -1.33. The normalized spacial score (nSPS) is 26.2. The first kappa shape index (κ1) is 14.2. The molecule has 2 nitrogen and oxygen atoms in total. The van der Waals surface area contributed by atoms with Crippen molar-refractivity contribution in [1.82, 2.24) is 4.98 Å². The lowest BCUT2D eigenvalue weighted by molar-refractivity contribution is 0.0495. The van der Waals surface area contributed by atoms with Gasteiger partial charge in [-0.05, 0) is 30.6 Å². The zero-order chi connectivity index (χ0) is 14.2. The van der Waals surface area contributed by atoms with Crippen LogP contribution in [0.5, 0.6) is 5.88 Å². The molecule has 0 saturated heterocycles. The maximum Gasteiger partial charge on any atom is 0.253 e. The van der Waals surface area contributed by atoms with Gasteiger partial charge in [0.1, 0.15) is 6.10 Å². The fourth-order valence-electron chi connectivity index (χ4n) is 3.02. The van der Waals surface area contributed by atoms with Crippen LogP contribution in [0.3, 0.4) is 0 Å². The Morgan fingerprint density at radius 3 is 2.53 bits per heavy atom. The van der Waals surface area contributed by atoms with Crippen LogP contribution in [0.4, 0.5) is 13.2 Å². The average Bonchev–Trinajstić information content (AvgIpc) is 2.22. The summed E-state index contributed by atoms with van der Waals surface area (Å²) in [6.07, 6.45) is 2.37. The number of hydrogen-bond acceptors (Lipinski definition) is 2. The summed E-state index contributed by atoms with van der Waals surface area (Å²) in [4.78, 5) is 3.20. The predicted molar refractivity (Wildman–Crippen MR) is 65.3 cm³/mol. The van der Waals surface area contributed by atoms with Crippen LogP contribution >= 0.6 is 0 Å². The molecule has 19 heavy (non-hydrogen) atoms. The number of nitrogens with zero attached hydrogens (tertiary/aromatic N) is 1. The summed E-state index contributed by atoms with van der Waals surface area (Å²) in [7, 11) is 0. The van der Waals surface area contributed by atoms with Crippen LogP contribution in [0.2, 0.25) is 0 Å². The minimum absolute atomic E-state index is 0.0946. The molecule has 106 valence electrons. The van der Waals surface area contributed by atoms with E-state index in [9.17, 15) is 13.2 Å². The molecule has 0 N–H and O–H groups in total. The number of ether oxygens (including phenoxy) is 1. The summed E-state index contributed by atoms with van der Waals surface area (Å²) in [6, 6.07) is 0.467. The predicted octanol–water partition coefficient (Wildman–Crippen LogP) is 4.09. The van der Waals surface area contributed by atoms with Gasteiger partial charge in [0.2, 0.25) is 0 Å². The molecule has 0 radical (unpaired) electrons. The molecule has 1 fully saturated rings. The second-order valence-corrected chi connectivity index (χ2v) is 6.20. The molecule has 0 spiro atoms. The molecule has 5 heteroatoms. The molecule has 1 aliphatic rings. The van der Waals surface area contributed by atoms with Gasteiger partial charge in [-0.25, -0.2) is 8.78 Å². The molecule has 1 heterocycles. The lowest BCUT2D eigenvalue weighted by atomic mass is 9.71. The van der Waals surface area contributed by atoms with Gasteiger partial charge in [0.15, 0.2) is 11.6 Å². The van der Waals surface area contributed by atoms with Crippen LogP contribution in [-0.2, 0) is 0 Å². The van der Waals surface area contributed by atoms with Crippen molar-refractivity contribution in [3.8, 4) is 5.88 Å². The summed E-state index contributed by atoms with van der Waals surface area (Å²) in [6.45, 7) is 6.34. The van der Waals surface area contributed by atoms with Gasteiger partial charge in [-0.2, -0.15) is 9.37 Å². The first-order valence-corrected chi connectivity index (χ1v) is 6.45. The molecule has 1 aliphatic carbocycles. The fourth-order valence-corrected chi connectivity index (χ4v) is 3.02. The van der Waals surface area contributed by atoms with E-state index in [1.807, 2.05) is 0 Å². The van der Waals surface area contributed by atoms with E-state index >= 15 is 0 Å². The first-order chi connectivity index (χ1) is 8.77. The lowest BCUT2D eigenvalue weighted by Gasteiger charge is -2.38. The molecular weight excluding hydrogens is 255 g/mol. The Hall–Kier alpha value is -1.26. The third-order valence-corrected chi connectivity index (χ3v) is 3.48. The Bertz CT molecular complexity index is 476. The smallest absolute Gasteiger partial charge is 0.253 e. The van der Waals surface area contributed by atoms with E-state index in [4.69, 9.17) is 4.74 Å². The second kappa shape index (κ2) is 5.02. The Balaban J connectivity index is 2.15. The van der Waals surface area contributed by atoms with E-state index in [0.717, 1.165) is 19.3 Å². The van der Waals surface area contributed by atoms with Gasteiger partial charge in [0.25, 0.3) is 11.8 Å². The molecule has 1 aromatic rings. The van der Waals surface area contributed by atoms with Crippen LogP contribution in [0.25, 0.3) is 0 Å². The van der Waals surface area contributed by atoms with Gasteiger partial charge in [-0.15, -0.1) is 0 Å². The van der Waals surface area contributed by atoms with E-state index < -0.39 is 23.5 Å². The lowest BCUT2D eigenvalue weighted by Crippen LogP contribution is -2.34. The molecule has 1 aromatic heterocycles. The summed E-state index contributed by atoms with van der Waals surface area (Å²) in [5, 5.41) is 0. The maximum atomic E-state index is 13.5. The van der Waals surface area contributed by atoms with Crippen LogP contribution in [0.1, 0.15) is 40.0 Å². The third-order valence-electron chi connectivity index (χ3n) is 3.48. The number of rotatable bonds is 2. The summed E-state index contributed by atoms with van der Waals surface area (Å²) >= 11 is 0. The molecule has 1 saturated carbocycles. The summed E-state index contributed by atoms with van der Waals surface area (Å²) < 4.78 is 44.7. The standard InChI is InChI=1S/C14H18F3NO/c1-8-4-9(7-14(2,3)6-8)19-13-11(16)5-10(15)12(17)18-13/h5,8-9H,4,6-7H2,1-3H3. The Morgan fingerprint density at radius 2 is 1.89 bits per heavy atom. The quantitative estimate of drug-likeness (QED) is 0.757. The van der Waals surface area contributed by atoms with Crippen molar-refractivity contribution in [2.75, 3.05) is 0 Å². The molecule has 0 aromatic carbocycles. The monoisotopic (exact) mass is 273 g/mol. The first-order valence-electron chi connectivity index (χ1n) is 6.45. The fraction of sp³-hybridized carbons (Fsp3) is 0.643. The zero-order valence-corrected chi connectivity index (χ0v) is 11.3. The summed E-state index contributed by atoms with van der Waals surface area (Å²) in [5.41, 5.74) is 0.0946. The maximum absolute atomic E-state index is 13.5. The number of aromatic nitrogens is 1. The van der Waals surface area contributed by atoms with Gasteiger partial charge >= 0.3 is 0 Å². The molecule has 0 bridgehead atoms. The zero-order valence-electron chi connectivity index (χ0n) is 11.3. The molecule has 2 rings (SSSR count). The number of pyridine rings is 1. The van der Waals surface area contributed by atoms with Gasteiger partial charge in [-0.3, -0.25) is 0 Å². The van der Waals surface area contributed by atoms with Crippen molar-refractivity contribution in [1.29, 1.82) is 0 Å². The third kappa shape index (κ3) is 3.39. The minimum Gasteiger partial charge on any atom is -0.472 e. The molecule has 2 unspecified atom stereocenters. The second-order valence-electron chi connectivity index (χ2n) is 6.20. The van der Waals surface area contributed by atoms with E-state index in [-0.39, 0.29) is 11.5 Å². The molecular formula is C14H18F3NO. The molecule has 2 atom stereocenters. The SMILES string of the molecule is CC1CC(Oc2nc(F)c(F)cc2F)CC(C)(C)C1. The number of halogens is 3. The highest BCUT2D eigenvalue weighted by Crippen LogP contribution is 2.40. The van der Waals surface area contributed by atoms with Gasteiger partial charge in [-0.1, -0.05) is 20.8 Å². The van der Waals surface area contributed by atoms with Crippen molar-refractivity contribution < 1.29 is 17.9 Å². The largest absolute Gasteiger partial charge is 0.472 e.